The van der Waals surface area contributed by atoms with Crippen molar-refractivity contribution < 1.29 is 24.1 Å². The van der Waals surface area contributed by atoms with Gasteiger partial charge in [0.25, 0.3) is 0 Å². The molecule has 310 valence electrons. The molecule has 0 radical (unpaired) electrons. The maximum absolute atomic E-state index is 13.4. The van der Waals surface area contributed by atoms with Gasteiger partial charge in [0.15, 0.2) is 0 Å². The molecule has 0 amide bonds. The predicted octanol–water partition coefficient (Wildman–Crippen LogP) is 11.9. The van der Waals surface area contributed by atoms with Gasteiger partial charge < -0.3 is 20.6 Å². The number of phenolic OH excluding ortho intramolecular Hbond substituents is 3. The number of anilines is 2. The highest BCUT2D eigenvalue weighted by atomic mass is 35.5. The van der Waals surface area contributed by atoms with Crippen molar-refractivity contribution in [3.05, 3.63) is 160 Å². The first-order valence-electron chi connectivity index (χ1n) is 19.7. The van der Waals surface area contributed by atoms with Crippen LogP contribution in [0.25, 0.3) is 21.8 Å². The molecule has 59 heavy (non-hydrogen) atoms. The summed E-state index contributed by atoms with van der Waals surface area (Å²) in [7, 11) is 0. The van der Waals surface area contributed by atoms with Gasteiger partial charge in [-0.25, -0.2) is 8.78 Å². The monoisotopic (exact) mass is 821 g/mol. The second-order valence-electron chi connectivity index (χ2n) is 13.8. The third kappa shape index (κ3) is 14.2. The highest BCUT2D eigenvalue weighted by Gasteiger charge is 2.10. The molecule has 0 bridgehead atoms. The van der Waals surface area contributed by atoms with Gasteiger partial charge in [-0.3, -0.25) is 19.8 Å². The number of hydrogen-bond donors (Lipinski definition) is 4. The molecule has 0 atom stereocenters. The Morgan fingerprint density at radius 3 is 1.61 bits per heavy atom. The molecule has 5 aromatic carbocycles. The average Bonchev–Trinajstić information content (AvgIpc) is 3.23. The average molecular weight is 822 g/mol. The number of benzene rings is 5. The molecule has 0 aliphatic carbocycles. The van der Waals surface area contributed by atoms with Crippen molar-refractivity contribution in [2.24, 2.45) is 0 Å². The number of aryl methyl sites for hydroxylation is 2. The summed E-state index contributed by atoms with van der Waals surface area (Å²) in [5.41, 5.74) is 7.18. The first-order valence-corrected chi connectivity index (χ1v) is 20.0. The minimum atomic E-state index is -0.303. The van der Waals surface area contributed by atoms with Crippen molar-refractivity contribution in [1.82, 2.24) is 19.8 Å². The number of halogens is 3. The number of aromatic hydroxyl groups is 3. The maximum atomic E-state index is 13.4. The summed E-state index contributed by atoms with van der Waals surface area (Å²) in [6.45, 7) is 17.9. The lowest BCUT2D eigenvalue weighted by Crippen LogP contribution is -2.22. The Labute approximate surface area is 351 Å². The topological polar surface area (TPSA) is 105 Å². The van der Waals surface area contributed by atoms with Crippen molar-refractivity contribution in [3.63, 3.8) is 0 Å². The van der Waals surface area contributed by atoms with Crippen LogP contribution in [0.1, 0.15) is 49.9 Å². The number of hydrogen-bond acceptors (Lipinski definition) is 8. The van der Waals surface area contributed by atoms with E-state index in [1.54, 1.807) is 54.9 Å². The van der Waals surface area contributed by atoms with Crippen LogP contribution >= 0.6 is 11.6 Å². The fraction of sp³-hybridized carbons (Fsp3) is 0.250. The largest absolute Gasteiger partial charge is 0.508 e. The molecule has 7 aromatic rings. The smallest absolute Gasteiger partial charge is 0.125 e. The number of aromatic nitrogens is 2. The van der Waals surface area contributed by atoms with Crippen LogP contribution in [0.5, 0.6) is 17.2 Å². The lowest BCUT2D eigenvalue weighted by Gasteiger charge is -2.19. The second-order valence-corrected chi connectivity index (χ2v) is 14.2. The zero-order valence-corrected chi connectivity index (χ0v) is 35.3. The van der Waals surface area contributed by atoms with Crippen molar-refractivity contribution in [2.45, 2.75) is 54.6 Å². The fourth-order valence-electron chi connectivity index (χ4n) is 6.02. The van der Waals surface area contributed by atoms with E-state index in [0.717, 1.165) is 66.0 Å². The molecule has 0 aliphatic heterocycles. The van der Waals surface area contributed by atoms with Crippen LogP contribution in [-0.2, 0) is 13.1 Å². The van der Waals surface area contributed by atoms with Gasteiger partial charge >= 0.3 is 0 Å². The maximum Gasteiger partial charge on any atom is 0.125 e. The van der Waals surface area contributed by atoms with E-state index in [-0.39, 0.29) is 11.6 Å². The summed E-state index contributed by atoms with van der Waals surface area (Å²) in [5.74, 6) is 0.428. The summed E-state index contributed by atoms with van der Waals surface area (Å²) >= 11 is 5.85. The van der Waals surface area contributed by atoms with Gasteiger partial charge in [0.2, 0.25) is 0 Å². The number of fused-ring (bicyclic) bond motifs is 2. The molecule has 0 fully saturated rings. The Kier molecular flexibility index (Phi) is 17.9. The van der Waals surface area contributed by atoms with Gasteiger partial charge in [-0.1, -0.05) is 74.7 Å². The van der Waals surface area contributed by atoms with Crippen molar-refractivity contribution in [3.8, 4) is 17.2 Å². The van der Waals surface area contributed by atoms with Crippen LogP contribution in [-0.4, -0.2) is 61.3 Å². The van der Waals surface area contributed by atoms with Crippen LogP contribution in [0, 0.1) is 25.5 Å². The molecule has 8 nitrogen and oxygen atoms in total. The summed E-state index contributed by atoms with van der Waals surface area (Å²) in [6, 6.07) is 30.8. The van der Waals surface area contributed by atoms with Crippen molar-refractivity contribution in [2.75, 3.05) is 31.5 Å². The molecule has 4 N–H and O–H groups in total. The normalized spacial score (nSPS) is 10.7. The quantitative estimate of drug-likeness (QED) is 0.101. The van der Waals surface area contributed by atoms with Gasteiger partial charge in [0, 0.05) is 70.9 Å². The van der Waals surface area contributed by atoms with E-state index in [2.05, 4.69) is 52.8 Å². The number of rotatable bonds is 10. The summed E-state index contributed by atoms with van der Waals surface area (Å²) in [5, 5.41) is 34.1. The molecule has 11 heteroatoms. The summed E-state index contributed by atoms with van der Waals surface area (Å²) in [4.78, 5) is 12.7. The zero-order valence-electron chi connectivity index (χ0n) is 34.6. The van der Waals surface area contributed by atoms with Crippen molar-refractivity contribution in [1.29, 1.82) is 0 Å². The Balaban J connectivity index is 0.000000191. The highest BCUT2D eigenvalue weighted by Crippen LogP contribution is 2.29. The molecular formula is C48H54ClF2N5O3. The van der Waals surface area contributed by atoms with Crippen LogP contribution in [0.3, 0.4) is 0 Å². The van der Waals surface area contributed by atoms with Gasteiger partial charge in [0.05, 0.1) is 16.1 Å². The predicted molar refractivity (Wildman–Crippen MR) is 239 cm³/mol. The van der Waals surface area contributed by atoms with E-state index in [1.807, 2.05) is 56.3 Å². The third-order valence-corrected chi connectivity index (χ3v) is 9.89. The van der Waals surface area contributed by atoms with E-state index in [0.29, 0.717) is 39.8 Å². The second kappa shape index (κ2) is 23.0. The van der Waals surface area contributed by atoms with Crippen LogP contribution in [0.15, 0.2) is 122 Å². The third-order valence-electron chi connectivity index (χ3n) is 9.56. The van der Waals surface area contributed by atoms with Gasteiger partial charge in [-0.2, -0.15) is 0 Å². The number of nitrogens with one attached hydrogen (secondary N) is 1. The van der Waals surface area contributed by atoms with Crippen LogP contribution in [0.4, 0.5) is 20.2 Å². The molecule has 0 aliphatic rings. The molecule has 0 unspecified atom stereocenters. The minimum Gasteiger partial charge on any atom is -0.508 e. The first kappa shape index (κ1) is 45.9. The number of phenols is 3. The summed E-state index contributed by atoms with van der Waals surface area (Å²) in [6.07, 6.45) is 3.21. The molecule has 2 aromatic heterocycles. The molecule has 0 saturated carbocycles. The fourth-order valence-corrected chi connectivity index (χ4v) is 6.24. The van der Waals surface area contributed by atoms with E-state index >= 15 is 0 Å². The van der Waals surface area contributed by atoms with Crippen LogP contribution < -0.4 is 5.32 Å². The Bertz CT molecular complexity index is 2370. The molecule has 0 spiro atoms. The Morgan fingerprint density at radius 1 is 0.559 bits per heavy atom. The van der Waals surface area contributed by atoms with Gasteiger partial charge in [-0.05, 0) is 113 Å². The van der Waals surface area contributed by atoms with Gasteiger partial charge in [0.1, 0.15) is 28.9 Å². The van der Waals surface area contributed by atoms with Gasteiger partial charge in [-0.15, -0.1) is 0 Å². The van der Waals surface area contributed by atoms with E-state index < -0.39 is 0 Å². The zero-order chi connectivity index (χ0) is 42.9. The minimum absolute atomic E-state index is 0.291. The SMILES string of the molecule is CCN(CC)Cc1cc(C)ccc1O.CCN(CC)Cc1cc(Nc2ccnc3cc(F)ccc23)ccc1O.Cc1ccc(O)cc1.Fc1ccc2c(Cl)ccnc2c1. The van der Waals surface area contributed by atoms with E-state index in [4.69, 9.17) is 16.7 Å². The first-order chi connectivity index (χ1) is 28.3. The highest BCUT2D eigenvalue weighted by molar-refractivity contribution is 6.35. The Hall–Kier alpha value is -5.81. The van der Waals surface area contributed by atoms with E-state index in [9.17, 15) is 19.0 Å². The number of nitrogens with zero attached hydrogens (tertiary/aromatic N) is 4. The lowest BCUT2D eigenvalue weighted by atomic mass is 10.1. The molecule has 7 rings (SSSR count). The van der Waals surface area contributed by atoms with Crippen LogP contribution in [0.2, 0.25) is 5.02 Å². The molecule has 2 heterocycles. The van der Waals surface area contributed by atoms with Crippen molar-refractivity contribution >= 4 is 44.8 Å². The van der Waals surface area contributed by atoms with E-state index in [1.165, 1.54) is 35.4 Å². The Morgan fingerprint density at radius 2 is 1.05 bits per heavy atom. The molecular weight excluding hydrogens is 768 g/mol. The summed E-state index contributed by atoms with van der Waals surface area (Å²) < 4.78 is 26.1. The molecule has 0 saturated heterocycles. The standard InChI is InChI=1S/C20H22FN3O.C12H19NO.C9H5ClFN.C7H8O/c1-3-24(4-2)13-14-11-16(6-8-20(14)25)23-18-9-10-22-19-12-15(21)5-7-17(18)19;1-4-13(5-2)9-11-8-10(3)6-7-12(11)14;10-8-3-4-12-9-5-6(11)1-2-7(8)9;1-6-2-4-7(8)5-3-6/h5-12,25H,3-4,13H2,1-2H3,(H,22,23);6-8,14H,4-5,9H2,1-3H3;1-5H;2-5,8H,1H3. The lowest BCUT2D eigenvalue weighted by molar-refractivity contribution is 0.291. The number of pyridine rings is 2.